The Hall–Kier alpha value is -3.28. The van der Waals surface area contributed by atoms with E-state index in [0.717, 1.165) is 5.39 Å². The van der Waals surface area contributed by atoms with Gasteiger partial charge in [-0.2, -0.15) is 0 Å². The van der Waals surface area contributed by atoms with Crippen LogP contribution in [0.5, 0.6) is 5.75 Å². The monoisotopic (exact) mass is 367 g/mol. The summed E-state index contributed by atoms with van der Waals surface area (Å²) in [5, 5.41) is 3.45. The van der Waals surface area contributed by atoms with E-state index in [1.807, 2.05) is 6.07 Å². The fourth-order valence-corrected chi connectivity index (χ4v) is 2.65. The number of hydrogen-bond acceptors (Lipinski definition) is 5. The summed E-state index contributed by atoms with van der Waals surface area (Å²) in [7, 11) is 1.55. The standard InChI is InChI=1S/C21H21NO5/c1-21(2,3)27-20(24)22-17-8-6-5-7-15(17)16-11-13-9-10-14(25-4)12-18(13)26-19(16)23/h5-12H,1-4H3,(H,22,24). The first-order valence-electron chi connectivity index (χ1n) is 8.48. The van der Waals surface area contributed by atoms with E-state index in [1.165, 1.54) is 0 Å². The zero-order valence-corrected chi connectivity index (χ0v) is 15.7. The summed E-state index contributed by atoms with van der Waals surface area (Å²) in [6, 6.07) is 14.0. The third-order valence-corrected chi connectivity index (χ3v) is 3.80. The van der Waals surface area contributed by atoms with Gasteiger partial charge in [0, 0.05) is 17.0 Å². The van der Waals surface area contributed by atoms with E-state index < -0.39 is 17.3 Å². The Morgan fingerprint density at radius 1 is 1.04 bits per heavy atom. The van der Waals surface area contributed by atoms with Gasteiger partial charge in [0.05, 0.1) is 18.4 Å². The highest BCUT2D eigenvalue weighted by atomic mass is 16.6. The van der Waals surface area contributed by atoms with Gasteiger partial charge in [-0.25, -0.2) is 9.59 Å². The van der Waals surface area contributed by atoms with Crippen molar-refractivity contribution in [3.8, 4) is 16.9 Å². The van der Waals surface area contributed by atoms with Gasteiger partial charge in [-0.1, -0.05) is 18.2 Å². The van der Waals surface area contributed by atoms with Crippen molar-refractivity contribution >= 4 is 22.7 Å². The average molecular weight is 367 g/mol. The predicted molar refractivity (Wildman–Crippen MR) is 104 cm³/mol. The molecule has 0 saturated heterocycles. The molecule has 27 heavy (non-hydrogen) atoms. The van der Waals surface area contributed by atoms with Crippen molar-refractivity contribution < 1.29 is 18.7 Å². The molecule has 3 aromatic rings. The molecule has 1 N–H and O–H groups in total. The second-order valence-corrected chi connectivity index (χ2v) is 7.02. The smallest absolute Gasteiger partial charge is 0.412 e. The van der Waals surface area contributed by atoms with Crippen molar-refractivity contribution in [2.45, 2.75) is 26.4 Å². The minimum Gasteiger partial charge on any atom is -0.497 e. The van der Waals surface area contributed by atoms with Crippen LogP contribution in [0.4, 0.5) is 10.5 Å². The van der Waals surface area contributed by atoms with Crippen LogP contribution in [0.25, 0.3) is 22.1 Å². The van der Waals surface area contributed by atoms with E-state index in [-0.39, 0.29) is 0 Å². The van der Waals surface area contributed by atoms with Crippen LogP contribution in [0, 0.1) is 0 Å². The number of hydrogen-bond donors (Lipinski definition) is 1. The Morgan fingerprint density at radius 2 is 1.78 bits per heavy atom. The quantitative estimate of drug-likeness (QED) is 0.672. The summed E-state index contributed by atoms with van der Waals surface area (Å²) in [6.45, 7) is 5.35. The lowest BCUT2D eigenvalue weighted by Gasteiger charge is -2.20. The van der Waals surface area contributed by atoms with Gasteiger partial charge in [-0.3, -0.25) is 5.32 Å². The molecule has 1 aromatic heterocycles. The normalized spacial score (nSPS) is 11.3. The number of anilines is 1. The van der Waals surface area contributed by atoms with Crippen LogP contribution >= 0.6 is 0 Å². The summed E-state index contributed by atoms with van der Waals surface area (Å²) < 4.78 is 15.9. The summed E-state index contributed by atoms with van der Waals surface area (Å²) in [4.78, 5) is 24.7. The third-order valence-electron chi connectivity index (χ3n) is 3.80. The minimum atomic E-state index is -0.625. The number of methoxy groups -OCH3 is 1. The number of ether oxygens (including phenoxy) is 2. The number of carbonyl (C=O) groups excluding carboxylic acids is 1. The molecule has 0 spiro atoms. The Labute approximate surface area is 156 Å². The molecule has 0 unspecified atom stereocenters. The molecule has 140 valence electrons. The van der Waals surface area contributed by atoms with Crippen LogP contribution in [0.3, 0.4) is 0 Å². The van der Waals surface area contributed by atoms with E-state index in [9.17, 15) is 9.59 Å². The lowest BCUT2D eigenvalue weighted by molar-refractivity contribution is 0.0636. The van der Waals surface area contributed by atoms with Crippen LogP contribution in [-0.2, 0) is 4.74 Å². The molecule has 0 fully saturated rings. The van der Waals surface area contributed by atoms with Gasteiger partial charge >= 0.3 is 11.7 Å². The van der Waals surface area contributed by atoms with Crippen LogP contribution < -0.4 is 15.7 Å². The van der Waals surface area contributed by atoms with Gasteiger partial charge in [0.1, 0.15) is 16.9 Å². The average Bonchev–Trinajstić information content (AvgIpc) is 2.59. The summed E-state index contributed by atoms with van der Waals surface area (Å²) >= 11 is 0. The van der Waals surface area contributed by atoms with E-state index >= 15 is 0 Å². The molecule has 0 aliphatic rings. The topological polar surface area (TPSA) is 77.8 Å². The van der Waals surface area contributed by atoms with Gasteiger partial charge in [0.25, 0.3) is 0 Å². The molecule has 6 nitrogen and oxygen atoms in total. The van der Waals surface area contributed by atoms with Gasteiger partial charge in [-0.15, -0.1) is 0 Å². The fraction of sp³-hybridized carbons (Fsp3) is 0.238. The van der Waals surface area contributed by atoms with Gasteiger partial charge in [0.15, 0.2) is 0 Å². The molecule has 0 atom stereocenters. The predicted octanol–water partition coefficient (Wildman–Crippen LogP) is 4.82. The first-order chi connectivity index (χ1) is 12.8. The second kappa shape index (κ2) is 7.15. The zero-order valence-electron chi connectivity index (χ0n) is 15.7. The number of para-hydroxylation sites is 1. The van der Waals surface area contributed by atoms with Crippen molar-refractivity contribution in [1.29, 1.82) is 0 Å². The van der Waals surface area contributed by atoms with Crippen LogP contribution in [0.2, 0.25) is 0 Å². The molecular formula is C21H21NO5. The van der Waals surface area contributed by atoms with Crippen molar-refractivity contribution in [1.82, 2.24) is 0 Å². The van der Waals surface area contributed by atoms with Gasteiger partial charge in [0.2, 0.25) is 0 Å². The molecule has 2 aromatic carbocycles. The summed E-state index contributed by atoms with van der Waals surface area (Å²) in [5.74, 6) is 0.602. The lowest BCUT2D eigenvalue weighted by atomic mass is 10.0. The molecule has 0 bridgehead atoms. The Kier molecular flexibility index (Phi) is 4.90. The lowest BCUT2D eigenvalue weighted by Crippen LogP contribution is -2.27. The molecule has 1 amide bonds. The highest BCUT2D eigenvalue weighted by Gasteiger charge is 2.18. The minimum absolute atomic E-state index is 0.347. The van der Waals surface area contributed by atoms with E-state index in [1.54, 1.807) is 70.3 Å². The molecule has 0 aliphatic carbocycles. The molecule has 3 rings (SSSR count). The number of nitrogens with one attached hydrogen (secondary N) is 1. The van der Waals surface area contributed by atoms with Crippen molar-refractivity contribution in [2.24, 2.45) is 0 Å². The van der Waals surface area contributed by atoms with E-state index in [4.69, 9.17) is 13.9 Å². The fourth-order valence-electron chi connectivity index (χ4n) is 2.65. The van der Waals surface area contributed by atoms with Gasteiger partial charge < -0.3 is 13.9 Å². The zero-order chi connectivity index (χ0) is 19.6. The largest absolute Gasteiger partial charge is 0.497 e. The van der Waals surface area contributed by atoms with Crippen molar-refractivity contribution in [2.75, 3.05) is 12.4 Å². The Morgan fingerprint density at radius 3 is 2.48 bits per heavy atom. The summed E-state index contributed by atoms with van der Waals surface area (Å²) in [5.41, 5.74) is 0.663. The Bertz CT molecular complexity index is 1050. The van der Waals surface area contributed by atoms with Crippen molar-refractivity contribution in [3.63, 3.8) is 0 Å². The third kappa shape index (κ3) is 4.28. The maximum atomic E-state index is 12.5. The number of benzene rings is 2. The SMILES string of the molecule is COc1ccc2cc(-c3ccccc3NC(=O)OC(C)(C)C)c(=O)oc2c1. The maximum absolute atomic E-state index is 12.5. The second-order valence-electron chi connectivity index (χ2n) is 7.02. The molecule has 0 aliphatic heterocycles. The first-order valence-corrected chi connectivity index (χ1v) is 8.48. The number of amides is 1. The molecule has 0 radical (unpaired) electrons. The van der Waals surface area contributed by atoms with Crippen LogP contribution in [-0.4, -0.2) is 18.8 Å². The van der Waals surface area contributed by atoms with E-state index in [0.29, 0.717) is 28.1 Å². The highest BCUT2D eigenvalue weighted by molar-refractivity contribution is 5.93. The molecule has 1 heterocycles. The Balaban J connectivity index is 2.03. The number of rotatable bonds is 3. The van der Waals surface area contributed by atoms with Gasteiger partial charge in [-0.05, 0) is 45.0 Å². The first kappa shape index (κ1) is 18.5. The summed E-state index contributed by atoms with van der Waals surface area (Å²) in [6.07, 6.45) is -0.593. The molecule has 0 saturated carbocycles. The maximum Gasteiger partial charge on any atom is 0.412 e. The molecule has 6 heteroatoms. The van der Waals surface area contributed by atoms with Crippen molar-refractivity contribution in [3.05, 3.63) is 59.0 Å². The number of carbonyl (C=O) groups is 1. The number of fused-ring (bicyclic) bond motifs is 1. The van der Waals surface area contributed by atoms with E-state index in [2.05, 4.69) is 5.32 Å². The van der Waals surface area contributed by atoms with Crippen LogP contribution in [0.1, 0.15) is 20.8 Å². The highest BCUT2D eigenvalue weighted by Crippen LogP contribution is 2.29. The van der Waals surface area contributed by atoms with Crippen LogP contribution in [0.15, 0.2) is 57.7 Å². The molecular weight excluding hydrogens is 346 g/mol.